The van der Waals surface area contributed by atoms with E-state index in [1.807, 2.05) is 42.5 Å². The van der Waals surface area contributed by atoms with E-state index in [-0.39, 0.29) is 12.3 Å². The van der Waals surface area contributed by atoms with Crippen LogP contribution in [0.25, 0.3) is 11.1 Å². The molecule has 8 nitrogen and oxygen atoms in total. The van der Waals surface area contributed by atoms with Gasteiger partial charge in [-0.15, -0.1) is 0 Å². The molecule has 0 unspecified atom stereocenters. The van der Waals surface area contributed by atoms with E-state index in [1.165, 1.54) is 24.3 Å². The minimum atomic E-state index is -0.572. The maximum absolute atomic E-state index is 12.1. The van der Waals surface area contributed by atoms with Gasteiger partial charge in [0, 0.05) is 17.7 Å². The van der Waals surface area contributed by atoms with E-state index in [2.05, 4.69) is 10.9 Å². The smallest absolute Gasteiger partial charge is 0.276 e. The van der Waals surface area contributed by atoms with Gasteiger partial charge >= 0.3 is 0 Å². The highest BCUT2D eigenvalue weighted by atomic mass is 16.6. The van der Waals surface area contributed by atoms with Gasteiger partial charge in [-0.2, -0.15) is 0 Å². The number of ether oxygens (including phenoxy) is 1. The number of nitro groups is 1. The SMILES string of the molecule is O=C(COc1ccc([N+](=O)[O-])cc1)NNC(=O)c1ccc(-c2ccccc2)cc1. The quantitative estimate of drug-likeness (QED) is 0.495. The average molecular weight is 391 g/mol. The molecule has 0 aromatic heterocycles. The molecular weight excluding hydrogens is 374 g/mol. The largest absolute Gasteiger partial charge is 0.484 e. The molecule has 3 aromatic carbocycles. The van der Waals surface area contributed by atoms with Gasteiger partial charge < -0.3 is 4.74 Å². The van der Waals surface area contributed by atoms with E-state index in [1.54, 1.807) is 12.1 Å². The molecule has 0 bridgehead atoms. The molecule has 3 aromatic rings. The number of rotatable bonds is 6. The fourth-order valence-electron chi connectivity index (χ4n) is 2.49. The number of benzene rings is 3. The third kappa shape index (κ3) is 5.39. The summed E-state index contributed by atoms with van der Waals surface area (Å²) >= 11 is 0. The van der Waals surface area contributed by atoms with Crippen LogP contribution >= 0.6 is 0 Å². The molecular formula is C21H17N3O5. The lowest BCUT2D eigenvalue weighted by Crippen LogP contribution is -2.43. The minimum Gasteiger partial charge on any atom is -0.484 e. The summed E-state index contributed by atoms with van der Waals surface area (Å²) in [5.74, 6) is -0.737. The third-order valence-corrected chi connectivity index (χ3v) is 3.99. The summed E-state index contributed by atoms with van der Waals surface area (Å²) in [7, 11) is 0. The molecule has 0 spiro atoms. The Labute approximate surface area is 166 Å². The van der Waals surface area contributed by atoms with Crippen LogP contribution in [-0.2, 0) is 4.79 Å². The van der Waals surface area contributed by atoms with Crippen molar-refractivity contribution in [3.05, 3.63) is 94.5 Å². The topological polar surface area (TPSA) is 111 Å². The van der Waals surface area contributed by atoms with Crippen molar-refractivity contribution < 1.29 is 19.2 Å². The molecule has 0 fully saturated rings. The molecule has 146 valence electrons. The highest BCUT2D eigenvalue weighted by Crippen LogP contribution is 2.19. The van der Waals surface area contributed by atoms with Crippen molar-refractivity contribution in [3.8, 4) is 16.9 Å². The Morgan fingerprint density at radius 2 is 1.45 bits per heavy atom. The molecule has 0 heterocycles. The van der Waals surface area contributed by atoms with Crippen LogP contribution in [0, 0.1) is 10.1 Å². The molecule has 0 saturated heterocycles. The zero-order valence-electron chi connectivity index (χ0n) is 15.2. The van der Waals surface area contributed by atoms with Gasteiger partial charge in [0.2, 0.25) is 0 Å². The number of hydrazine groups is 1. The highest BCUT2D eigenvalue weighted by Gasteiger charge is 2.09. The van der Waals surface area contributed by atoms with Gasteiger partial charge in [-0.1, -0.05) is 42.5 Å². The second kappa shape index (κ2) is 9.14. The Morgan fingerprint density at radius 1 is 0.828 bits per heavy atom. The summed E-state index contributed by atoms with van der Waals surface area (Å²) < 4.78 is 5.22. The van der Waals surface area contributed by atoms with Gasteiger partial charge in [-0.25, -0.2) is 0 Å². The molecule has 0 aliphatic heterocycles. The first-order chi connectivity index (χ1) is 14.0. The average Bonchev–Trinajstić information content (AvgIpc) is 2.77. The van der Waals surface area contributed by atoms with Crippen LogP contribution < -0.4 is 15.6 Å². The number of nitrogens with one attached hydrogen (secondary N) is 2. The molecule has 0 aliphatic carbocycles. The zero-order chi connectivity index (χ0) is 20.6. The lowest BCUT2D eigenvalue weighted by Gasteiger charge is -2.09. The van der Waals surface area contributed by atoms with Gasteiger partial charge in [0.05, 0.1) is 4.92 Å². The van der Waals surface area contributed by atoms with E-state index >= 15 is 0 Å². The fourth-order valence-corrected chi connectivity index (χ4v) is 2.49. The summed E-state index contributed by atoms with van der Waals surface area (Å²) in [6.45, 7) is -0.356. The van der Waals surface area contributed by atoms with Gasteiger partial charge in [0.25, 0.3) is 17.5 Å². The number of nitrogens with zero attached hydrogens (tertiary/aromatic N) is 1. The van der Waals surface area contributed by atoms with E-state index in [0.717, 1.165) is 11.1 Å². The van der Waals surface area contributed by atoms with Crippen LogP contribution in [0.5, 0.6) is 5.75 Å². The summed E-state index contributed by atoms with van der Waals surface area (Å²) in [4.78, 5) is 34.0. The number of hydrogen-bond acceptors (Lipinski definition) is 5. The number of nitro benzene ring substituents is 1. The van der Waals surface area contributed by atoms with Gasteiger partial charge in [0.1, 0.15) is 5.75 Å². The Bertz CT molecular complexity index is 1000. The van der Waals surface area contributed by atoms with Crippen molar-refractivity contribution in [3.63, 3.8) is 0 Å². The molecule has 0 atom stereocenters. The Morgan fingerprint density at radius 3 is 2.07 bits per heavy atom. The molecule has 0 saturated carbocycles. The monoisotopic (exact) mass is 391 g/mol. The van der Waals surface area contributed by atoms with Crippen molar-refractivity contribution >= 4 is 17.5 Å². The third-order valence-electron chi connectivity index (χ3n) is 3.99. The van der Waals surface area contributed by atoms with Crippen molar-refractivity contribution in [2.45, 2.75) is 0 Å². The van der Waals surface area contributed by atoms with Gasteiger partial charge in [-0.05, 0) is 35.4 Å². The van der Waals surface area contributed by atoms with Crippen LogP contribution in [-0.4, -0.2) is 23.3 Å². The Hall–Kier alpha value is -4.20. The Balaban J connectivity index is 1.47. The molecule has 2 N–H and O–H groups in total. The summed E-state index contributed by atoms with van der Waals surface area (Å²) in [5, 5.41) is 10.6. The lowest BCUT2D eigenvalue weighted by atomic mass is 10.0. The molecule has 0 radical (unpaired) electrons. The normalized spacial score (nSPS) is 10.1. The highest BCUT2D eigenvalue weighted by molar-refractivity contribution is 5.95. The molecule has 2 amide bonds. The van der Waals surface area contributed by atoms with Crippen molar-refractivity contribution in [2.75, 3.05) is 6.61 Å². The van der Waals surface area contributed by atoms with Crippen LogP contribution in [0.15, 0.2) is 78.9 Å². The van der Waals surface area contributed by atoms with E-state index in [9.17, 15) is 19.7 Å². The van der Waals surface area contributed by atoms with Gasteiger partial charge in [-0.3, -0.25) is 30.6 Å². The van der Waals surface area contributed by atoms with E-state index in [0.29, 0.717) is 11.3 Å². The Kier molecular flexibility index (Phi) is 6.16. The van der Waals surface area contributed by atoms with Crippen LogP contribution in [0.4, 0.5) is 5.69 Å². The zero-order valence-corrected chi connectivity index (χ0v) is 15.2. The summed E-state index contributed by atoms with van der Waals surface area (Å²) in [6, 6.07) is 22.0. The first kappa shape index (κ1) is 19.6. The first-order valence-corrected chi connectivity index (χ1v) is 8.65. The predicted molar refractivity (Wildman–Crippen MR) is 106 cm³/mol. The maximum atomic E-state index is 12.1. The van der Waals surface area contributed by atoms with Crippen molar-refractivity contribution in [2.24, 2.45) is 0 Å². The van der Waals surface area contributed by atoms with Crippen LogP contribution in [0.1, 0.15) is 10.4 Å². The summed E-state index contributed by atoms with van der Waals surface area (Å²) in [6.07, 6.45) is 0. The maximum Gasteiger partial charge on any atom is 0.276 e. The summed E-state index contributed by atoms with van der Waals surface area (Å²) in [5.41, 5.74) is 6.89. The fraction of sp³-hybridized carbons (Fsp3) is 0.0476. The minimum absolute atomic E-state index is 0.0765. The molecule has 0 aliphatic rings. The van der Waals surface area contributed by atoms with Crippen LogP contribution in [0.3, 0.4) is 0 Å². The molecule has 29 heavy (non-hydrogen) atoms. The predicted octanol–water partition coefficient (Wildman–Crippen LogP) is 3.10. The number of carbonyl (C=O) groups excluding carboxylic acids is 2. The number of hydrogen-bond donors (Lipinski definition) is 2. The van der Waals surface area contributed by atoms with Crippen LogP contribution in [0.2, 0.25) is 0 Å². The second-order valence-electron chi connectivity index (χ2n) is 5.99. The molecule has 3 rings (SSSR count). The number of amides is 2. The van der Waals surface area contributed by atoms with E-state index < -0.39 is 16.7 Å². The lowest BCUT2D eigenvalue weighted by molar-refractivity contribution is -0.384. The van der Waals surface area contributed by atoms with E-state index in [4.69, 9.17) is 4.74 Å². The molecule has 8 heteroatoms. The number of carbonyl (C=O) groups is 2. The van der Waals surface area contributed by atoms with Gasteiger partial charge in [0.15, 0.2) is 6.61 Å². The van der Waals surface area contributed by atoms with Crippen molar-refractivity contribution in [1.29, 1.82) is 0 Å². The number of non-ortho nitro benzene ring substituents is 1. The van der Waals surface area contributed by atoms with Crippen molar-refractivity contribution in [1.82, 2.24) is 10.9 Å². The second-order valence-corrected chi connectivity index (χ2v) is 5.99. The standard InChI is InChI=1S/C21H17N3O5/c25-20(14-29-19-12-10-18(11-13-19)24(27)28)22-23-21(26)17-8-6-16(7-9-17)15-4-2-1-3-5-15/h1-13H,14H2,(H,22,25)(H,23,26). The first-order valence-electron chi connectivity index (χ1n) is 8.65.